The van der Waals surface area contributed by atoms with Gasteiger partial charge in [0.15, 0.2) is 5.82 Å². The van der Waals surface area contributed by atoms with Gasteiger partial charge in [-0.2, -0.15) is 0 Å². The molecule has 0 aliphatic heterocycles. The molecule has 0 saturated carbocycles. The van der Waals surface area contributed by atoms with Crippen LogP contribution in [0.2, 0.25) is 5.02 Å². The molecule has 0 heterocycles. The molecular formula is C15H13BrClF2N. The molecule has 0 aromatic heterocycles. The Morgan fingerprint density at radius 3 is 2.45 bits per heavy atom. The van der Waals surface area contributed by atoms with E-state index in [4.69, 9.17) is 11.6 Å². The lowest BCUT2D eigenvalue weighted by molar-refractivity contribution is 0.583. The topological polar surface area (TPSA) is 12.0 Å². The second-order valence-electron chi connectivity index (χ2n) is 4.62. The van der Waals surface area contributed by atoms with E-state index >= 15 is 0 Å². The smallest absolute Gasteiger partial charge is 0.150 e. The van der Waals surface area contributed by atoms with E-state index in [1.807, 2.05) is 31.2 Å². The molecule has 20 heavy (non-hydrogen) atoms. The first-order chi connectivity index (χ1) is 9.45. The van der Waals surface area contributed by atoms with E-state index in [9.17, 15) is 8.78 Å². The van der Waals surface area contributed by atoms with Crippen LogP contribution in [0.5, 0.6) is 0 Å². The van der Waals surface area contributed by atoms with Crippen LogP contribution in [-0.2, 0) is 6.42 Å². The van der Waals surface area contributed by atoms with E-state index in [0.717, 1.165) is 22.2 Å². The molecule has 2 aromatic carbocycles. The summed E-state index contributed by atoms with van der Waals surface area (Å²) in [6, 6.07) is 9.77. The quantitative estimate of drug-likeness (QED) is 0.767. The minimum absolute atomic E-state index is 0.0337. The molecule has 0 spiro atoms. The molecule has 0 aliphatic carbocycles. The van der Waals surface area contributed by atoms with E-state index in [1.165, 1.54) is 0 Å². The average molecular weight is 361 g/mol. The maximum absolute atomic E-state index is 13.7. The molecular weight excluding hydrogens is 348 g/mol. The Hall–Kier alpha value is -1.13. The highest BCUT2D eigenvalue weighted by Crippen LogP contribution is 2.27. The first-order valence-corrected chi connectivity index (χ1v) is 7.28. The van der Waals surface area contributed by atoms with Crippen molar-refractivity contribution in [1.29, 1.82) is 0 Å². The fourth-order valence-corrected chi connectivity index (χ4v) is 2.46. The third-order valence-electron chi connectivity index (χ3n) is 2.85. The summed E-state index contributed by atoms with van der Waals surface area (Å²) in [7, 11) is 0. The fourth-order valence-electron chi connectivity index (χ4n) is 1.95. The minimum atomic E-state index is -0.683. The predicted molar refractivity (Wildman–Crippen MR) is 82.3 cm³/mol. The lowest BCUT2D eigenvalue weighted by Crippen LogP contribution is -2.19. The van der Waals surface area contributed by atoms with Crippen LogP contribution in [0.4, 0.5) is 14.5 Å². The first-order valence-electron chi connectivity index (χ1n) is 6.11. The number of halogens is 4. The number of benzene rings is 2. The molecule has 0 radical (unpaired) electrons. The summed E-state index contributed by atoms with van der Waals surface area (Å²) in [6.07, 6.45) is 0.709. The van der Waals surface area contributed by atoms with Crippen molar-refractivity contribution in [2.24, 2.45) is 0 Å². The van der Waals surface area contributed by atoms with Crippen LogP contribution in [0, 0.1) is 11.6 Å². The van der Waals surface area contributed by atoms with Gasteiger partial charge < -0.3 is 5.32 Å². The highest BCUT2D eigenvalue weighted by Gasteiger charge is 2.12. The molecule has 2 rings (SSSR count). The minimum Gasteiger partial charge on any atom is -0.379 e. The summed E-state index contributed by atoms with van der Waals surface area (Å²) in [6.45, 7) is 1.92. The monoisotopic (exact) mass is 359 g/mol. The SMILES string of the molecule is CC(Cc1ccc(Br)cc1)Nc1c(F)cc(F)cc1Cl. The van der Waals surface area contributed by atoms with Gasteiger partial charge in [-0.05, 0) is 37.1 Å². The molecule has 1 nitrogen and oxygen atoms in total. The Bertz CT molecular complexity index is 578. The predicted octanol–water partition coefficient (Wildman–Crippen LogP) is 5.42. The molecule has 0 saturated heterocycles. The standard InChI is InChI=1S/C15H13BrClF2N/c1-9(6-10-2-4-11(16)5-3-10)20-15-13(17)7-12(18)8-14(15)19/h2-5,7-9,20H,6H2,1H3. The number of rotatable bonds is 4. The van der Waals surface area contributed by atoms with Crippen LogP contribution in [0.1, 0.15) is 12.5 Å². The second-order valence-corrected chi connectivity index (χ2v) is 5.94. The molecule has 0 amide bonds. The molecule has 2 aromatic rings. The molecule has 1 N–H and O–H groups in total. The Morgan fingerprint density at radius 1 is 1.20 bits per heavy atom. The summed E-state index contributed by atoms with van der Waals surface area (Å²) in [5, 5.41) is 3.03. The van der Waals surface area contributed by atoms with E-state index in [2.05, 4.69) is 21.2 Å². The van der Waals surface area contributed by atoms with Gasteiger partial charge in [-0.25, -0.2) is 8.78 Å². The van der Waals surface area contributed by atoms with Gasteiger partial charge in [0.25, 0.3) is 0 Å². The van der Waals surface area contributed by atoms with Gasteiger partial charge in [0.2, 0.25) is 0 Å². The first kappa shape index (κ1) is 15.3. The zero-order valence-corrected chi connectivity index (χ0v) is 13.1. The number of hydrogen-bond acceptors (Lipinski definition) is 1. The number of anilines is 1. The van der Waals surface area contributed by atoms with Gasteiger partial charge >= 0.3 is 0 Å². The Balaban J connectivity index is 2.08. The molecule has 0 fully saturated rings. The van der Waals surface area contributed by atoms with Crippen LogP contribution in [0.25, 0.3) is 0 Å². The second kappa shape index (κ2) is 6.55. The van der Waals surface area contributed by atoms with Crippen LogP contribution in [0.15, 0.2) is 40.9 Å². The fraction of sp³-hybridized carbons (Fsp3) is 0.200. The zero-order chi connectivity index (χ0) is 14.7. The molecule has 1 unspecified atom stereocenters. The van der Waals surface area contributed by atoms with Crippen LogP contribution in [0.3, 0.4) is 0 Å². The maximum Gasteiger partial charge on any atom is 0.150 e. The Morgan fingerprint density at radius 2 is 1.85 bits per heavy atom. The summed E-state index contributed by atoms with van der Waals surface area (Å²) < 4.78 is 27.7. The van der Waals surface area contributed by atoms with Crippen molar-refractivity contribution in [3.05, 3.63) is 63.1 Å². The maximum atomic E-state index is 13.7. The molecule has 0 aliphatic rings. The van der Waals surface area contributed by atoms with Gasteiger partial charge in [-0.1, -0.05) is 39.7 Å². The summed E-state index contributed by atoms with van der Waals surface area (Å²) in [4.78, 5) is 0. The average Bonchev–Trinajstić information content (AvgIpc) is 2.36. The van der Waals surface area contributed by atoms with Crippen LogP contribution >= 0.6 is 27.5 Å². The van der Waals surface area contributed by atoms with Gasteiger partial charge in [0.05, 0.1) is 10.7 Å². The lowest BCUT2D eigenvalue weighted by atomic mass is 10.1. The van der Waals surface area contributed by atoms with Crippen molar-refractivity contribution in [2.75, 3.05) is 5.32 Å². The molecule has 0 bridgehead atoms. The van der Waals surface area contributed by atoms with E-state index in [-0.39, 0.29) is 16.8 Å². The van der Waals surface area contributed by atoms with Gasteiger partial charge in [-0.15, -0.1) is 0 Å². The molecule has 5 heteroatoms. The Labute approximate surface area is 130 Å². The van der Waals surface area contributed by atoms with Crippen molar-refractivity contribution in [3.8, 4) is 0 Å². The van der Waals surface area contributed by atoms with E-state index in [0.29, 0.717) is 6.42 Å². The highest BCUT2D eigenvalue weighted by atomic mass is 79.9. The van der Waals surface area contributed by atoms with Crippen molar-refractivity contribution < 1.29 is 8.78 Å². The Kier molecular flexibility index (Phi) is 5.00. The van der Waals surface area contributed by atoms with Crippen molar-refractivity contribution in [2.45, 2.75) is 19.4 Å². The van der Waals surface area contributed by atoms with Crippen molar-refractivity contribution in [1.82, 2.24) is 0 Å². The van der Waals surface area contributed by atoms with Gasteiger partial charge in [0, 0.05) is 16.6 Å². The van der Waals surface area contributed by atoms with E-state index < -0.39 is 11.6 Å². The summed E-state index contributed by atoms with van der Waals surface area (Å²) in [5.41, 5.74) is 1.25. The van der Waals surface area contributed by atoms with Crippen molar-refractivity contribution in [3.63, 3.8) is 0 Å². The summed E-state index contributed by atoms with van der Waals surface area (Å²) >= 11 is 9.23. The lowest BCUT2D eigenvalue weighted by Gasteiger charge is -2.17. The van der Waals surface area contributed by atoms with Crippen LogP contribution < -0.4 is 5.32 Å². The summed E-state index contributed by atoms with van der Waals surface area (Å²) in [5.74, 6) is -1.36. The van der Waals surface area contributed by atoms with E-state index in [1.54, 1.807) is 0 Å². The normalized spacial score (nSPS) is 12.2. The largest absolute Gasteiger partial charge is 0.379 e. The molecule has 106 valence electrons. The zero-order valence-electron chi connectivity index (χ0n) is 10.8. The third-order valence-corrected chi connectivity index (χ3v) is 3.68. The van der Waals surface area contributed by atoms with Crippen molar-refractivity contribution >= 4 is 33.2 Å². The third kappa shape index (κ3) is 3.93. The highest BCUT2D eigenvalue weighted by molar-refractivity contribution is 9.10. The number of nitrogens with one attached hydrogen (secondary N) is 1. The molecule has 1 atom stereocenters. The number of hydrogen-bond donors (Lipinski definition) is 1. The van der Waals surface area contributed by atoms with Gasteiger partial charge in [-0.3, -0.25) is 0 Å². The van der Waals surface area contributed by atoms with Crippen LogP contribution in [-0.4, -0.2) is 6.04 Å². The van der Waals surface area contributed by atoms with Gasteiger partial charge in [0.1, 0.15) is 5.82 Å².